The molecule has 7 heteroatoms. The third-order valence-electron chi connectivity index (χ3n) is 3.64. The maximum atomic E-state index is 5.64. The third kappa shape index (κ3) is 3.09. The highest BCUT2D eigenvalue weighted by Crippen LogP contribution is 2.28. The summed E-state index contributed by atoms with van der Waals surface area (Å²) in [4.78, 5) is 15.1. The second kappa shape index (κ2) is 5.78. The Morgan fingerprint density at radius 2 is 2.00 bits per heavy atom. The van der Waals surface area contributed by atoms with E-state index in [0.717, 1.165) is 19.6 Å². The maximum absolute atomic E-state index is 5.64. The zero-order chi connectivity index (χ0) is 14.8. The summed E-state index contributed by atoms with van der Waals surface area (Å²) in [5.74, 6) is 1.80. The van der Waals surface area contributed by atoms with Crippen molar-refractivity contribution < 1.29 is 4.74 Å². The Morgan fingerprint density at radius 1 is 1.30 bits per heavy atom. The van der Waals surface area contributed by atoms with Gasteiger partial charge in [-0.05, 0) is 27.2 Å². The topological polar surface area (TPSA) is 75.2 Å². The van der Waals surface area contributed by atoms with Crippen LogP contribution in [0, 0.1) is 0 Å². The molecule has 0 radical (unpaired) electrons. The first kappa shape index (κ1) is 14.8. The van der Waals surface area contributed by atoms with Crippen molar-refractivity contribution in [2.75, 3.05) is 42.8 Å². The molecule has 1 saturated heterocycles. The number of anilines is 3. The molecule has 112 valence electrons. The summed E-state index contributed by atoms with van der Waals surface area (Å²) in [5.41, 5.74) is -0.144. The molecule has 0 amide bonds. The summed E-state index contributed by atoms with van der Waals surface area (Å²) < 4.78 is 5.64. The van der Waals surface area contributed by atoms with E-state index < -0.39 is 0 Å². The van der Waals surface area contributed by atoms with Gasteiger partial charge >= 0.3 is 0 Å². The summed E-state index contributed by atoms with van der Waals surface area (Å²) in [5, 5.41) is 6.54. The fourth-order valence-electron chi connectivity index (χ4n) is 2.11. The number of hydrogen-bond donors (Lipinski definition) is 2. The molecule has 0 spiro atoms. The summed E-state index contributed by atoms with van der Waals surface area (Å²) in [6.07, 6.45) is 1.07. The van der Waals surface area contributed by atoms with Crippen LogP contribution in [0.2, 0.25) is 0 Å². The predicted molar refractivity (Wildman–Crippen MR) is 80.4 cm³/mol. The smallest absolute Gasteiger partial charge is 0.231 e. The SMILES string of the molecule is CCNc1nc(NC2(C)CCOC2C)nc(N(C)C)n1. The number of hydrogen-bond acceptors (Lipinski definition) is 7. The van der Waals surface area contributed by atoms with Crippen LogP contribution >= 0.6 is 0 Å². The van der Waals surface area contributed by atoms with Gasteiger partial charge in [0.05, 0.1) is 11.6 Å². The van der Waals surface area contributed by atoms with Crippen molar-refractivity contribution in [3.8, 4) is 0 Å². The van der Waals surface area contributed by atoms with Crippen molar-refractivity contribution in [1.82, 2.24) is 15.0 Å². The van der Waals surface area contributed by atoms with E-state index in [1.807, 2.05) is 25.9 Å². The van der Waals surface area contributed by atoms with E-state index in [1.54, 1.807) is 0 Å². The van der Waals surface area contributed by atoms with Crippen molar-refractivity contribution in [2.45, 2.75) is 38.8 Å². The second-order valence-corrected chi connectivity index (χ2v) is 5.51. The highest BCUT2D eigenvalue weighted by atomic mass is 16.5. The van der Waals surface area contributed by atoms with Crippen LogP contribution in [0.3, 0.4) is 0 Å². The zero-order valence-electron chi connectivity index (χ0n) is 12.9. The molecule has 2 N–H and O–H groups in total. The molecule has 0 aromatic carbocycles. The molecule has 1 fully saturated rings. The predicted octanol–water partition coefficient (Wildman–Crippen LogP) is 1.35. The lowest BCUT2D eigenvalue weighted by molar-refractivity contribution is 0.105. The van der Waals surface area contributed by atoms with Crippen LogP contribution in [0.5, 0.6) is 0 Å². The van der Waals surface area contributed by atoms with Gasteiger partial charge < -0.3 is 20.3 Å². The minimum absolute atomic E-state index is 0.129. The number of ether oxygens (including phenoxy) is 1. The molecule has 0 aliphatic carbocycles. The standard InChI is InChI=1S/C13H24N6O/c1-6-14-10-15-11(17-12(16-10)19(4)5)18-13(3)7-8-20-9(13)2/h9H,6-8H2,1-5H3,(H2,14,15,16,17,18). The number of aromatic nitrogens is 3. The molecule has 2 unspecified atom stereocenters. The fourth-order valence-corrected chi connectivity index (χ4v) is 2.11. The van der Waals surface area contributed by atoms with Crippen LogP contribution in [0.25, 0.3) is 0 Å². The molecule has 1 aromatic heterocycles. The lowest BCUT2D eigenvalue weighted by atomic mass is 9.95. The maximum Gasteiger partial charge on any atom is 0.231 e. The van der Waals surface area contributed by atoms with Gasteiger partial charge in [0.1, 0.15) is 0 Å². The van der Waals surface area contributed by atoms with Gasteiger partial charge in [-0.15, -0.1) is 0 Å². The molecule has 20 heavy (non-hydrogen) atoms. The Hall–Kier alpha value is -1.63. The van der Waals surface area contributed by atoms with Crippen molar-refractivity contribution >= 4 is 17.8 Å². The normalized spacial score (nSPS) is 25.6. The Labute approximate surface area is 120 Å². The van der Waals surface area contributed by atoms with Crippen LogP contribution in [0.4, 0.5) is 17.8 Å². The van der Waals surface area contributed by atoms with Gasteiger partial charge in [-0.2, -0.15) is 15.0 Å². The van der Waals surface area contributed by atoms with Crippen LogP contribution in [-0.4, -0.2) is 53.8 Å². The van der Waals surface area contributed by atoms with Crippen molar-refractivity contribution in [1.29, 1.82) is 0 Å². The summed E-state index contributed by atoms with van der Waals surface area (Å²) in [6.45, 7) is 7.75. The van der Waals surface area contributed by atoms with Crippen molar-refractivity contribution in [2.24, 2.45) is 0 Å². The van der Waals surface area contributed by atoms with Crippen molar-refractivity contribution in [3.05, 3.63) is 0 Å². The van der Waals surface area contributed by atoms with Gasteiger partial charge in [0.2, 0.25) is 17.8 Å². The lowest BCUT2D eigenvalue weighted by Crippen LogP contribution is -2.42. The summed E-state index contributed by atoms with van der Waals surface area (Å²) in [6, 6.07) is 0. The molecule has 0 saturated carbocycles. The van der Waals surface area contributed by atoms with E-state index in [1.165, 1.54) is 0 Å². The summed E-state index contributed by atoms with van der Waals surface area (Å²) in [7, 11) is 3.83. The molecule has 1 aromatic rings. The third-order valence-corrected chi connectivity index (χ3v) is 3.64. The van der Waals surface area contributed by atoms with Gasteiger partial charge in [0.25, 0.3) is 0 Å². The Kier molecular flexibility index (Phi) is 4.27. The second-order valence-electron chi connectivity index (χ2n) is 5.51. The monoisotopic (exact) mass is 280 g/mol. The molecule has 1 aliphatic rings. The Balaban J connectivity index is 2.26. The number of nitrogens with one attached hydrogen (secondary N) is 2. The van der Waals surface area contributed by atoms with Crippen LogP contribution in [0.15, 0.2) is 0 Å². The molecule has 2 heterocycles. The van der Waals surface area contributed by atoms with Crippen LogP contribution in [0.1, 0.15) is 27.2 Å². The van der Waals surface area contributed by atoms with E-state index in [4.69, 9.17) is 4.74 Å². The summed E-state index contributed by atoms with van der Waals surface area (Å²) >= 11 is 0. The van der Waals surface area contributed by atoms with E-state index in [2.05, 4.69) is 39.4 Å². The van der Waals surface area contributed by atoms with E-state index in [0.29, 0.717) is 17.8 Å². The molecule has 7 nitrogen and oxygen atoms in total. The van der Waals surface area contributed by atoms with E-state index in [-0.39, 0.29) is 11.6 Å². The minimum Gasteiger partial charge on any atom is -0.376 e. The lowest BCUT2D eigenvalue weighted by Gasteiger charge is -2.29. The molecule has 0 bridgehead atoms. The molecule has 2 atom stereocenters. The Morgan fingerprint density at radius 3 is 2.55 bits per heavy atom. The first-order valence-electron chi connectivity index (χ1n) is 7.01. The number of nitrogens with zero attached hydrogens (tertiary/aromatic N) is 4. The highest BCUT2D eigenvalue weighted by molar-refractivity contribution is 5.44. The fraction of sp³-hybridized carbons (Fsp3) is 0.769. The largest absolute Gasteiger partial charge is 0.376 e. The van der Waals surface area contributed by atoms with Crippen LogP contribution in [-0.2, 0) is 4.74 Å². The van der Waals surface area contributed by atoms with Gasteiger partial charge in [-0.3, -0.25) is 0 Å². The average Bonchev–Trinajstić information content (AvgIpc) is 2.69. The minimum atomic E-state index is -0.144. The molecule has 2 rings (SSSR count). The zero-order valence-corrected chi connectivity index (χ0v) is 12.9. The van der Waals surface area contributed by atoms with Crippen molar-refractivity contribution in [3.63, 3.8) is 0 Å². The number of rotatable bonds is 5. The van der Waals surface area contributed by atoms with Gasteiger partial charge in [-0.25, -0.2) is 0 Å². The quantitative estimate of drug-likeness (QED) is 0.843. The van der Waals surface area contributed by atoms with Gasteiger partial charge in [0, 0.05) is 27.2 Å². The average molecular weight is 280 g/mol. The molecular formula is C13H24N6O. The first-order valence-corrected chi connectivity index (χ1v) is 7.01. The first-order chi connectivity index (χ1) is 9.44. The van der Waals surface area contributed by atoms with Crippen LogP contribution < -0.4 is 15.5 Å². The van der Waals surface area contributed by atoms with Gasteiger partial charge in [0.15, 0.2) is 0 Å². The highest BCUT2D eigenvalue weighted by Gasteiger charge is 2.37. The molecular weight excluding hydrogens is 256 g/mol. The Bertz CT molecular complexity index is 466. The van der Waals surface area contributed by atoms with E-state index >= 15 is 0 Å². The van der Waals surface area contributed by atoms with E-state index in [9.17, 15) is 0 Å². The van der Waals surface area contributed by atoms with Gasteiger partial charge in [-0.1, -0.05) is 0 Å². The molecule has 1 aliphatic heterocycles.